The normalized spacial score (nSPS) is 13.5. The highest BCUT2D eigenvalue weighted by Gasteiger charge is 2.25. The van der Waals surface area contributed by atoms with Gasteiger partial charge >= 0.3 is 6.09 Å². The third-order valence-electron chi connectivity index (χ3n) is 8.60. The second kappa shape index (κ2) is 15.7. The molecule has 0 radical (unpaired) electrons. The summed E-state index contributed by atoms with van der Waals surface area (Å²) < 4.78 is 19.3. The van der Waals surface area contributed by atoms with Gasteiger partial charge in [-0.25, -0.2) is 14.8 Å². The molecule has 4 heterocycles. The van der Waals surface area contributed by atoms with Crippen LogP contribution in [0.4, 0.5) is 4.79 Å². The second-order valence-electron chi connectivity index (χ2n) is 12.0. The molecule has 1 fully saturated rings. The number of aromatic nitrogens is 3. The van der Waals surface area contributed by atoms with Crippen molar-refractivity contribution in [3.05, 3.63) is 108 Å². The first-order valence-corrected chi connectivity index (χ1v) is 16.5. The number of hydrogen-bond acceptors (Lipinski definition) is 8. The molecule has 48 heavy (non-hydrogen) atoms. The molecule has 5 aromatic rings. The summed E-state index contributed by atoms with van der Waals surface area (Å²) in [5.74, 6) is 0.950. The second-order valence-corrected chi connectivity index (χ2v) is 12.0. The van der Waals surface area contributed by atoms with E-state index in [1.54, 1.807) is 23.1 Å². The summed E-state index contributed by atoms with van der Waals surface area (Å²) >= 11 is 0. The zero-order valence-corrected chi connectivity index (χ0v) is 27.6. The fourth-order valence-electron chi connectivity index (χ4n) is 5.77. The number of carbonyl (C=O) groups excluding carboxylic acids is 2. The van der Waals surface area contributed by atoms with E-state index in [-0.39, 0.29) is 5.91 Å². The third kappa shape index (κ3) is 8.28. The minimum absolute atomic E-state index is 0.0639. The molecule has 1 aliphatic rings. The Hall–Kier alpha value is -5.00. The van der Waals surface area contributed by atoms with E-state index in [1.807, 2.05) is 71.3 Å². The van der Waals surface area contributed by atoms with Crippen LogP contribution in [0.1, 0.15) is 36.1 Å². The zero-order chi connectivity index (χ0) is 33.3. The molecule has 2 amide bonds. The molecule has 2 aromatic carbocycles. The van der Waals surface area contributed by atoms with Crippen LogP contribution in [0.2, 0.25) is 0 Å². The summed E-state index contributed by atoms with van der Waals surface area (Å²) in [6.07, 6.45) is 4.63. The summed E-state index contributed by atoms with van der Waals surface area (Å²) in [5.41, 5.74) is 4.69. The van der Waals surface area contributed by atoms with Crippen LogP contribution >= 0.6 is 0 Å². The topological polar surface area (TPSA) is 106 Å². The van der Waals surface area contributed by atoms with E-state index < -0.39 is 6.09 Å². The van der Waals surface area contributed by atoms with Gasteiger partial charge in [0.1, 0.15) is 11.5 Å². The summed E-state index contributed by atoms with van der Waals surface area (Å²) in [4.78, 5) is 41.8. The van der Waals surface area contributed by atoms with Gasteiger partial charge in [0.25, 0.3) is 0 Å². The Labute approximate surface area is 280 Å². The maximum Gasteiger partial charge on any atom is 0.416 e. The van der Waals surface area contributed by atoms with Gasteiger partial charge in [-0.3, -0.25) is 14.1 Å². The van der Waals surface area contributed by atoms with E-state index in [0.29, 0.717) is 68.7 Å². The molecule has 11 heteroatoms. The average Bonchev–Trinajstić information content (AvgIpc) is 3.75. The van der Waals surface area contributed by atoms with Crippen LogP contribution < -0.4 is 4.74 Å². The first-order chi connectivity index (χ1) is 23.4. The van der Waals surface area contributed by atoms with E-state index in [9.17, 15) is 9.59 Å². The van der Waals surface area contributed by atoms with Gasteiger partial charge in [-0.05, 0) is 24.1 Å². The number of likely N-dealkylation sites (N-methyl/N-ethyl adjacent to an activating group) is 1. The number of fused-ring (bicyclic) bond motifs is 1. The first-order valence-electron chi connectivity index (χ1n) is 16.5. The van der Waals surface area contributed by atoms with Crippen LogP contribution in [-0.4, -0.2) is 101 Å². The number of carbonyl (C=O) groups is 2. The zero-order valence-electron chi connectivity index (χ0n) is 27.6. The molecular weight excluding hydrogens is 608 g/mol. The van der Waals surface area contributed by atoms with E-state index >= 15 is 0 Å². The lowest BCUT2D eigenvalue weighted by atomic mass is 10.1. The van der Waals surface area contributed by atoms with Crippen molar-refractivity contribution in [2.45, 2.75) is 26.2 Å². The smallest absolute Gasteiger partial charge is 0.416 e. The molecule has 0 bridgehead atoms. The van der Waals surface area contributed by atoms with Crippen LogP contribution in [-0.2, 0) is 22.4 Å². The number of hydrogen-bond donors (Lipinski definition) is 0. The minimum atomic E-state index is -0.501. The molecule has 0 saturated carbocycles. The molecule has 0 unspecified atom stereocenters. The average molecular weight is 651 g/mol. The maximum absolute atomic E-state index is 14.1. The Kier molecular flexibility index (Phi) is 10.8. The molecule has 3 aromatic heterocycles. The minimum Gasteiger partial charge on any atom is -0.469 e. The van der Waals surface area contributed by atoms with Gasteiger partial charge in [-0.1, -0.05) is 60.7 Å². The highest BCUT2D eigenvalue weighted by Crippen LogP contribution is 2.30. The van der Waals surface area contributed by atoms with Crippen LogP contribution in [0.3, 0.4) is 0 Å². The number of nitrogens with zero attached hydrogens (tertiary/aromatic N) is 6. The molecule has 0 atom stereocenters. The fraction of sp³-hybridized carbons (Fsp3) is 0.351. The summed E-state index contributed by atoms with van der Waals surface area (Å²) in [7, 11) is 1.73. The Bertz CT molecular complexity index is 1790. The number of morpholine rings is 1. The van der Waals surface area contributed by atoms with Crippen LogP contribution in [0.15, 0.2) is 89.7 Å². The highest BCUT2D eigenvalue weighted by molar-refractivity contribution is 5.74. The van der Waals surface area contributed by atoms with Gasteiger partial charge in [0.2, 0.25) is 11.8 Å². The van der Waals surface area contributed by atoms with E-state index in [1.165, 1.54) is 6.92 Å². The lowest BCUT2D eigenvalue weighted by Gasteiger charge is -2.28. The first kappa shape index (κ1) is 32.9. The predicted molar refractivity (Wildman–Crippen MR) is 182 cm³/mol. The number of imidazole rings is 1. The maximum atomic E-state index is 14.1. The number of amides is 2. The monoisotopic (exact) mass is 650 g/mol. The summed E-state index contributed by atoms with van der Waals surface area (Å²) in [5, 5.41) is 0. The molecular formula is C37H42N6O5. The van der Waals surface area contributed by atoms with Crippen molar-refractivity contribution >= 4 is 17.6 Å². The van der Waals surface area contributed by atoms with Gasteiger partial charge in [0.15, 0.2) is 5.65 Å². The highest BCUT2D eigenvalue weighted by atomic mass is 16.6. The third-order valence-corrected chi connectivity index (χ3v) is 8.60. The Balaban J connectivity index is 1.36. The lowest BCUT2D eigenvalue weighted by molar-refractivity contribution is -0.127. The van der Waals surface area contributed by atoms with Crippen molar-refractivity contribution in [2.75, 3.05) is 59.5 Å². The standard InChI is InChI=1S/C37H42N6O5/c1-28(44)40(2)18-19-42(17-10-16-41-20-23-46-24-21-41)37(45)48-36-33(26-31-15-9-22-47-31)39-35-32(25-29-11-5-3-6-12-29)38-34(27-43(35)36)30-13-7-4-8-14-30/h3-9,11-15,22,27H,10,16-21,23-26H2,1-2H3. The number of benzene rings is 2. The largest absolute Gasteiger partial charge is 0.469 e. The van der Waals surface area contributed by atoms with Gasteiger partial charge in [0, 0.05) is 71.4 Å². The van der Waals surface area contributed by atoms with E-state index in [4.69, 9.17) is 23.9 Å². The van der Waals surface area contributed by atoms with E-state index in [2.05, 4.69) is 17.0 Å². The molecule has 250 valence electrons. The van der Waals surface area contributed by atoms with E-state index in [0.717, 1.165) is 48.6 Å². The SMILES string of the molecule is CC(=O)N(C)CCN(CCCN1CCOCC1)C(=O)Oc1c(Cc2ccco2)nc2c(Cc3ccccc3)nc(-c3ccccc3)cn12. The van der Waals surface area contributed by atoms with Crippen molar-refractivity contribution in [3.8, 4) is 17.1 Å². The van der Waals surface area contributed by atoms with Gasteiger partial charge in [-0.15, -0.1) is 0 Å². The van der Waals surface area contributed by atoms with Crippen molar-refractivity contribution in [1.82, 2.24) is 29.1 Å². The molecule has 0 aliphatic carbocycles. The van der Waals surface area contributed by atoms with Crippen LogP contribution in [0.25, 0.3) is 16.9 Å². The van der Waals surface area contributed by atoms with Crippen LogP contribution in [0, 0.1) is 0 Å². The summed E-state index contributed by atoms with van der Waals surface area (Å²) in [6.45, 7) is 6.73. The fourth-order valence-corrected chi connectivity index (χ4v) is 5.77. The van der Waals surface area contributed by atoms with Crippen molar-refractivity contribution in [2.24, 2.45) is 0 Å². The number of ether oxygens (including phenoxy) is 2. The molecule has 11 nitrogen and oxygen atoms in total. The van der Waals surface area contributed by atoms with Crippen molar-refractivity contribution in [1.29, 1.82) is 0 Å². The van der Waals surface area contributed by atoms with Crippen molar-refractivity contribution in [3.63, 3.8) is 0 Å². The Morgan fingerprint density at radius 3 is 2.33 bits per heavy atom. The summed E-state index contributed by atoms with van der Waals surface area (Å²) in [6, 6.07) is 23.8. The molecule has 0 spiro atoms. The Morgan fingerprint density at radius 1 is 0.875 bits per heavy atom. The predicted octanol–water partition coefficient (Wildman–Crippen LogP) is 5.17. The van der Waals surface area contributed by atoms with Gasteiger partial charge in [0.05, 0.1) is 37.3 Å². The molecule has 1 aliphatic heterocycles. The van der Waals surface area contributed by atoms with Gasteiger partial charge < -0.3 is 23.7 Å². The number of furan rings is 1. The lowest BCUT2D eigenvalue weighted by Crippen LogP contribution is -2.42. The Morgan fingerprint density at radius 2 is 1.62 bits per heavy atom. The van der Waals surface area contributed by atoms with Crippen LogP contribution in [0.5, 0.6) is 5.88 Å². The quantitative estimate of drug-likeness (QED) is 0.172. The molecule has 6 rings (SSSR count). The number of rotatable bonds is 13. The molecule has 1 saturated heterocycles. The van der Waals surface area contributed by atoms with Gasteiger partial charge in [-0.2, -0.15) is 0 Å². The molecule has 0 N–H and O–H groups in total. The van der Waals surface area contributed by atoms with Crippen molar-refractivity contribution < 1.29 is 23.5 Å².